The number of phenols is 4. The summed E-state index contributed by atoms with van der Waals surface area (Å²) in [6.07, 6.45) is 19.3. The fourth-order valence-electron chi connectivity index (χ4n) is 19.1. The minimum absolute atomic E-state index is 0.0464. The van der Waals surface area contributed by atoms with E-state index in [0.717, 1.165) is 77.0 Å². The van der Waals surface area contributed by atoms with E-state index >= 15 is 0 Å². The molecule has 8 aromatic rings. The maximum absolute atomic E-state index is 14.2. The number of aromatic hydroxyl groups is 4. The zero-order valence-corrected chi connectivity index (χ0v) is 71.9. The fourth-order valence-corrected chi connectivity index (χ4v) is 19.1. The lowest BCUT2D eigenvalue weighted by atomic mass is 9.75. The molecule has 24 nitrogen and oxygen atoms in total. The number of carbonyl (C=O) groups is 8. The van der Waals surface area contributed by atoms with E-state index < -0.39 is 120 Å². The lowest BCUT2D eigenvalue weighted by Crippen LogP contribution is -2.38. The monoisotopic (exact) mass is 1700 g/mol. The van der Waals surface area contributed by atoms with Gasteiger partial charge in [0.15, 0.2) is 26.4 Å². The third-order valence-corrected chi connectivity index (χ3v) is 26.2. The number of benzene rings is 8. The van der Waals surface area contributed by atoms with Crippen LogP contribution in [-0.4, -0.2) is 145 Å². The molecule has 0 amide bonds. The van der Waals surface area contributed by atoms with Crippen LogP contribution in [0.4, 0.5) is 0 Å². The second-order valence-electron chi connectivity index (χ2n) is 33.4. The van der Waals surface area contributed by atoms with Gasteiger partial charge in [0, 0.05) is 92.4 Å². The highest BCUT2D eigenvalue weighted by Gasteiger charge is 2.42. The Morgan fingerprint density at radius 2 is 0.444 bits per heavy atom. The number of hydrogen-bond acceptors (Lipinski definition) is 24. The summed E-state index contributed by atoms with van der Waals surface area (Å²) < 4.78 is 71.8. The molecule has 13 rings (SSSR count). The van der Waals surface area contributed by atoms with Crippen LogP contribution in [0.25, 0.3) is 0 Å². The predicted molar refractivity (Wildman–Crippen MR) is 458 cm³/mol. The first kappa shape index (κ1) is 89.7. The molecule has 0 spiro atoms. The lowest BCUT2D eigenvalue weighted by molar-refractivity contribution is -0.168. The molecule has 4 N–H and O–H groups in total. The second-order valence-corrected chi connectivity index (χ2v) is 33.4. The summed E-state index contributed by atoms with van der Waals surface area (Å²) in [5, 5.41) is 52.4. The van der Waals surface area contributed by atoms with Crippen molar-refractivity contribution in [1.29, 1.82) is 0 Å². The standard InChI is InChI=1S/C100H112O24/c1-9-97(41-17-13-18-42-97)121-85(105)57-117-93(109)65-33-25-61(26-34-65)89-69-49-74(82(114-6)53-77(69)101)91(63-29-37-67(38-30-63)95(111)119-59-87(107)123-99(11-3)45-21-15-22-46-99)71-51-76(84(116-8)55-79(71)103)92(64-31-39-68(40-32-64)96(112)120-60-88(108)124-100(12-4)47-23-16-24-48-100)72-52-75(83(115-7)56-80(72)104)90(70-50-73(89)81(113-5)54-78(70)102)62-27-35-66(36-28-62)94(110)118-58-86(106)122-98(10-2)43-19-14-20-44-98/h25-40,49-56,89-92,101-104H,9-24,41-48,57-60H2,1-8H3. The average molecular weight is 1700 g/mol. The summed E-state index contributed by atoms with van der Waals surface area (Å²) in [4.78, 5) is 111. The van der Waals surface area contributed by atoms with Crippen LogP contribution in [-0.2, 0) is 57.1 Å². The van der Waals surface area contributed by atoms with Crippen LogP contribution in [0.3, 0.4) is 0 Å². The molecule has 124 heavy (non-hydrogen) atoms. The summed E-state index contributed by atoms with van der Waals surface area (Å²) in [6, 6.07) is 37.6. The van der Waals surface area contributed by atoms with Crippen molar-refractivity contribution in [2.45, 2.75) is 228 Å². The van der Waals surface area contributed by atoms with Crippen molar-refractivity contribution in [2.75, 3.05) is 54.9 Å². The van der Waals surface area contributed by atoms with Crippen LogP contribution in [0.15, 0.2) is 146 Å². The molecule has 0 aromatic heterocycles. The molecule has 8 bridgehead atoms. The highest BCUT2D eigenvalue weighted by Crippen LogP contribution is 2.55. The van der Waals surface area contributed by atoms with Crippen LogP contribution in [0.5, 0.6) is 46.0 Å². The van der Waals surface area contributed by atoms with Crippen molar-refractivity contribution in [3.05, 3.63) is 235 Å². The maximum atomic E-state index is 14.2. The van der Waals surface area contributed by atoms with Gasteiger partial charge in [-0.1, -0.05) is 102 Å². The van der Waals surface area contributed by atoms with E-state index in [1.165, 1.54) is 101 Å². The molecule has 0 aliphatic heterocycles. The molecule has 5 aliphatic rings. The molecule has 4 unspecified atom stereocenters. The van der Waals surface area contributed by atoms with Gasteiger partial charge in [0.05, 0.1) is 50.7 Å². The number of rotatable bonds is 28. The number of hydrogen-bond donors (Lipinski definition) is 4. The molecule has 5 aliphatic carbocycles. The van der Waals surface area contributed by atoms with Crippen LogP contribution in [0.2, 0.25) is 0 Å². The van der Waals surface area contributed by atoms with E-state index in [1.807, 2.05) is 27.7 Å². The molecule has 0 saturated heterocycles. The van der Waals surface area contributed by atoms with Gasteiger partial charge in [-0.3, -0.25) is 0 Å². The number of methoxy groups -OCH3 is 4. The quantitative estimate of drug-likeness (QED) is 0.0261. The fraction of sp³-hybridized carbons (Fsp3) is 0.440. The minimum Gasteiger partial charge on any atom is -0.507 e. The van der Waals surface area contributed by atoms with Gasteiger partial charge in [0.1, 0.15) is 68.4 Å². The largest absolute Gasteiger partial charge is 0.507 e. The number of phenolic OH excluding ortho intramolecular Hbond substituents is 4. The third kappa shape index (κ3) is 19.9. The Bertz CT molecular complexity index is 4530. The zero-order valence-electron chi connectivity index (χ0n) is 71.9. The SMILES string of the molecule is CCC1(OC(=O)COC(=O)c2ccc(C3c4cc(c(OC)cc4O)C(c4ccc(C(=O)OCC(=O)OC5(CC)CCCCC5)cc4)c4cc(c(OC)cc4O)C(c4ccc(C(=O)OCC(=O)OC5(CC)CCCCC5)cc4)c4cc(c(OC)cc4O)C(c4ccc(C(=O)OCC(=O)OC5(CC)CCCCC5)cc4)c4cc3c(OC)cc4O)cc2)CCCCC1. The molecule has 0 radical (unpaired) electrons. The Kier molecular flexibility index (Phi) is 28.7. The number of esters is 8. The first-order chi connectivity index (χ1) is 59.8. The van der Waals surface area contributed by atoms with Gasteiger partial charge < -0.3 is 77.3 Å². The Morgan fingerprint density at radius 1 is 0.266 bits per heavy atom. The lowest BCUT2D eigenvalue weighted by Gasteiger charge is -2.35. The molecular weight excluding hydrogens is 1590 g/mol. The van der Waals surface area contributed by atoms with Crippen molar-refractivity contribution < 1.29 is 116 Å². The summed E-state index contributed by atoms with van der Waals surface area (Å²) in [5.74, 6) is -11.9. The van der Waals surface area contributed by atoms with Gasteiger partial charge in [-0.2, -0.15) is 0 Å². The van der Waals surface area contributed by atoms with Gasteiger partial charge in [-0.15, -0.1) is 0 Å². The smallest absolute Gasteiger partial charge is 0.344 e. The van der Waals surface area contributed by atoms with Crippen molar-refractivity contribution in [1.82, 2.24) is 0 Å². The maximum Gasteiger partial charge on any atom is 0.344 e. The topological polar surface area (TPSA) is 328 Å². The number of ether oxygens (including phenoxy) is 12. The van der Waals surface area contributed by atoms with Gasteiger partial charge in [0.25, 0.3) is 0 Å². The Morgan fingerprint density at radius 3 is 0.605 bits per heavy atom. The Hall–Kier alpha value is -12.1. The molecule has 656 valence electrons. The van der Waals surface area contributed by atoms with E-state index in [0.29, 0.717) is 99.3 Å². The highest BCUT2D eigenvalue weighted by atomic mass is 16.6. The number of carbonyl (C=O) groups excluding carboxylic acids is 8. The third-order valence-electron chi connectivity index (χ3n) is 26.2. The minimum atomic E-state index is -1.19. The first-order valence-corrected chi connectivity index (χ1v) is 43.4. The van der Waals surface area contributed by atoms with Crippen molar-refractivity contribution >= 4 is 47.8 Å². The highest BCUT2D eigenvalue weighted by molar-refractivity contribution is 5.93. The summed E-state index contributed by atoms with van der Waals surface area (Å²) >= 11 is 0. The molecule has 4 saturated carbocycles. The van der Waals surface area contributed by atoms with Crippen molar-refractivity contribution in [3.8, 4) is 46.0 Å². The normalized spacial score (nSPS) is 18.6. The number of fused-ring (bicyclic) bond motifs is 8. The van der Waals surface area contributed by atoms with Gasteiger partial charge in [0.2, 0.25) is 0 Å². The van der Waals surface area contributed by atoms with Crippen LogP contribution in [0, 0.1) is 0 Å². The molecule has 4 fully saturated rings. The summed E-state index contributed by atoms with van der Waals surface area (Å²) in [7, 11) is 5.61. The zero-order chi connectivity index (χ0) is 88.0. The van der Waals surface area contributed by atoms with E-state index in [9.17, 15) is 58.8 Å². The molecule has 0 heterocycles. The van der Waals surface area contributed by atoms with E-state index in [-0.39, 0.29) is 113 Å². The Labute approximate surface area is 723 Å². The molecule has 4 atom stereocenters. The van der Waals surface area contributed by atoms with Crippen molar-refractivity contribution in [3.63, 3.8) is 0 Å². The summed E-state index contributed by atoms with van der Waals surface area (Å²) in [5.41, 5.74) is 0.975. The molecule has 8 aromatic carbocycles. The van der Waals surface area contributed by atoms with Gasteiger partial charge >= 0.3 is 47.8 Å². The molecule has 24 heteroatoms. The van der Waals surface area contributed by atoms with E-state index in [1.54, 1.807) is 72.8 Å². The van der Waals surface area contributed by atoms with Gasteiger partial charge in [-0.25, -0.2) is 38.4 Å². The van der Waals surface area contributed by atoms with Crippen molar-refractivity contribution in [2.24, 2.45) is 0 Å². The Balaban J connectivity index is 0.998. The average Bonchev–Trinajstić information content (AvgIpc) is 0.734. The molecular formula is C100H112O24. The summed E-state index contributed by atoms with van der Waals surface area (Å²) in [6.45, 7) is 5.26. The van der Waals surface area contributed by atoms with E-state index in [2.05, 4.69) is 0 Å². The van der Waals surface area contributed by atoms with Crippen LogP contribution < -0.4 is 18.9 Å². The van der Waals surface area contributed by atoms with E-state index in [4.69, 9.17) is 56.8 Å². The van der Waals surface area contributed by atoms with Gasteiger partial charge in [-0.05, 0) is 223 Å². The second kappa shape index (κ2) is 39.6. The van der Waals surface area contributed by atoms with Crippen LogP contribution in [0.1, 0.15) is 314 Å². The van der Waals surface area contributed by atoms with Crippen LogP contribution >= 0.6 is 0 Å². The first-order valence-electron chi connectivity index (χ1n) is 43.4. The predicted octanol–water partition coefficient (Wildman–Crippen LogP) is 18.8.